The summed E-state index contributed by atoms with van der Waals surface area (Å²) < 4.78 is 45.8. The van der Waals surface area contributed by atoms with E-state index in [2.05, 4.69) is 37.9 Å². The molecule has 0 radical (unpaired) electrons. The van der Waals surface area contributed by atoms with Crippen molar-refractivity contribution in [2.75, 3.05) is 11.9 Å². The number of hydrogen-bond donors (Lipinski definition) is 1. The SMILES string of the molecule is CN(c1nc2c(s1)-c1cc(C(F)(F)F)c(Cl)cc1OC2)C1CC(C)(C)NC(C)(C)C1. The van der Waals surface area contributed by atoms with Crippen molar-refractivity contribution in [2.24, 2.45) is 0 Å². The monoisotopic (exact) mass is 459 g/mol. The van der Waals surface area contributed by atoms with Gasteiger partial charge >= 0.3 is 6.18 Å². The molecule has 0 aliphatic carbocycles. The van der Waals surface area contributed by atoms with Crippen LogP contribution in [0.2, 0.25) is 5.02 Å². The van der Waals surface area contributed by atoms with Crippen LogP contribution in [0.15, 0.2) is 12.1 Å². The molecule has 2 aliphatic rings. The van der Waals surface area contributed by atoms with E-state index in [1.165, 1.54) is 17.4 Å². The average Bonchev–Trinajstić information content (AvgIpc) is 3.01. The molecule has 2 aromatic rings. The van der Waals surface area contributed by atoms with Crippen LogP contribution in [-0.4, -0.2) is 29.2 Å². The minimum absolute atomic E-state index is 0.0222. The number of aromatic nitrogens is 1. The fraction of sp³-hybridized carbons (Fsp3) is 0.571. The van der Waals surface area contributed by atoms with Gasteiger partial charge in [0.05, 0.1) is 21.2 Å². The van der Waals surface area contributed by atoms with Crippen LogP contribution in [0.3, 0.4) is 0 Å². The molecule has 0 spiro atoms. The lowest BCUT2D eigenvalue weighted by Crippen LogP contribution is -2.61. The second kappa shape index (κ2) is 7.00. The number of thiazole rings is 1. The number of piperidine rings is 1. The maximum atomic E-state index is 13.4. The predicted molar refractivity (Wildman–Crippen MR) is 115 cm³/mol. The van der Waals surface area contributed by atoms with E-state index in [1.807, 2.05) is 7.05 Å². The molecule has 164 valence electrons. The van der Waals surface area contributed by atoms with Crippen LogP contribution in [-0.2, 0) is 12.8 Å². The van der Waals surface area contributed by atoms with Crippen molar-refractivity contribution < 1.29 is 17.9 Å². The zero-order chi connectivity index (χ0) is 22.1. The van der Waals surface area contributed by atoms with E-state index in [9.17, 15) is 13.2 Å². The summed E-state index contributed by atoms with van der Waals surface area (Å²) >= 11 is 7.27. The third kappa shape index (κ3) is 4.01. The minimum Gasteiger partial charge on any atom is -0.487 e. The Bertz CT molecular complexity index is 971. The summed E-state index contributed by atoms with van der Waals surface area (Å²) in [7, 11) is 2.01. The van der Waals surface area contributed by atoms with Crippen molar-refractivity contribution in [3.05, 3.63) is 28.4 Å². The van der Waals surface area contributed by atoms with Gasteiger partial charge < -0.3 is 15.0 Å². The molecule has 0 saturated carbocycles. The highest BCUT2D eigenvalue weighted by atomic mass is 35.5. The first-order valence-corrected chi connectivity index (χ1v) is 11.0. The van der Waals surface area contributed by atoms with E-state index in [1.54, 1.807) is 0 Å². The maximum Gasteiger partial charge on any atom is 0.417 e. The van der Waals surface area contributed by atoms with Gasteiger partial charge in [-0.1, -0.05) is 22.9 Å². The number of ether oxygens (including phenoxy) is 1. The Hall–Kier alpha value is -1.51. The van der Waals surface area contributed by atoms with Gasteiger partial charge in [0.25, 0.3) is 0 Å². The summed E-state index contributed by atoms with van der Waals surface area (Å²) in [5, 5.41) is 4.11. The van der Waals surface area contributed by atoms with Gasteiger partial charge in [-0.2, -0.15) is 13.2 Å². The van der Waals surface area contributed by atoms with E-state index in [0.717, 1.165) is 24.0 Å². The predicted octanol–water partition coefficient (Wildman–Crippen LogP) is 6.12. The van der Waals surface area contributed by atoms with E-state index in [0.29, 0.717) is 21.9 Å². The normalized spacial score (nSPS) is 20.3. The van der Waals surface area contributed by atoms with Gasteiger partial charge in [0, 0.05) is 35.8 Å². The van der Waals surface area contributed by atoms with E-state index in [-0.39, 0.29) is 28.7 Å². The third-order valence-electron chi connectivity index (χ3n) is 5.69. The number of halogens is 4. The molecule has 0 amide bonds. The Labute approximate surface area is 183 Å². The number of benzene rings is 1. The lowest BCUT2D eigenvalue weighted by Gasteiger charge is -2.48. The van der Waals surface area contributed by atoms with Crippen molar-refractivity contribution in [1.82, 2.24) is 10.3 Å². The molecular weight excluding hydrogens is 435 g/mol. The van der Waals surface area contributed by atoms with Crippen LogP contribution >= 0.6 is 22.9 Å². The molecule has 0 atom stereocenters. The number of anilines is 1. The van der Waals surface area contributed by atoms with Gasteiger partial charge in [0.15, 0.2) is 5.13 Å². The molecule has 3 heterocycles. The molecule has 1 aromatic carbocycles. The number of alkyl halides is 3. The van der Waals surface area contributed by atoms with Gasteiger partial charge in [0.2, 0.25) is 0 Å². The number of rotatable bonds is 2. The lowest BCUT2D eigenvalue weighted by atomic mass is 9.79. The number of nitrogens with zero attached hydrogens (tertiary/aromatic N) is 2. The third-order valence-corrected chi connectivity index (χ3v) is 7.22. The summed E-state index contributed by atoms with van der Waals surface area (Å²) in [5.41, 5.74) is 0.162. The topological polar surface area (TPSA) is 37.4 Å². The highest BCUT2D eigenvalue weighted by molar-refractivity contribution is 7.19. The van der Waals surface area contributed by atoms with E-state index in [4.69, 9.17) is 21.3 Å². The Kier molecular flexibility index (Phi) is 5.07. The van der Waals surface area contributed by atoms with Crippen molar-refractivity contribution in [3.8, 4) is 16.2 Å². The van der Waals surface area contributed by atoms with Gasteiger partial charge in [-0.15, -0.1) is 0 Å². The molecule has 1 saturated heterocycles. The highest BCUT2D eigenvalue weighted by Crippen LogP contribution is 2.48. The zero-order valence-electron chi connectivity index (χ0n) is 17.6. The fourth-order valence-electron chi connectivity index (χ4n) is 4.71. The molecule has 4 nitrogen and oxygen atoms in total. The summed E-state index contributed by atoms with van der Waals surface area (Å²) in [5.74, 6) is 0.363. The number of nitrogens with one attached hydrogen (secondary N) is 1. The number of hydrogen-bond acceptors (Lipinski definition) is 5. The van der Waals surface area contributed by atoms with Crippen molar-refractivity contribution >= 4 is 28.1 Å². The molecule has 1 N–H and O–H groups in total. The lowest BCUT2D eigenvalue weighted by molar-refractivity contribution is -0.137. The van der Waals surface area contributed by atoms with Gasteiger partial charge in [-0.25, -0.2) is 4.98 Å². The first-order chi connectivity index (χ1) is 13.8. The first-order valence-electron chi connectivity index (χ1n) is 9.82. The maximum absolute atomic E-state index is 13.4. The van der Waals surface area contributed by atoms with Crippen molar-refractivity contribution in [3.63, 3.8) is 0 Å². The Morgan fingerprint density at radius 2 is 1.83 bits per heavy atom. The van der Waals surface area contributed by atoms with Crippen LogP contribution in [0.1, 0.15) is 51.8 Å². The Morgan fingerprint density at radius 1 is 1.20 bits per heavy atom. The summed E-state index contributed by atoms with van der Waals surface area (Å²) in [4.78, 5) is 7.60. The highest BCUT2D eigenvalue weighted by Gasteiger charge is 2.40. The Morgan fingerprint density at radius 3 is 2.43 bits per heavy atom. The second-order valence-corrected chi connectivity index (χ2v) is 10.8. The number of fused-ring (bicyclic) bond motifs is 3. The first kappa shape index (κ1) is 21.7. The van der Waals surface area contributed by atoms with Gasteiger partial charge in [-0.3, -0.25) is 0 Å². The largest absolute Gasteiger partial charge is 0.487 e. The van der Waals surface area contributed by atoms with Crippen molar-refractivity contribution in [2.45, 2.75) is 70.4 Å². The fourth-order valence-corrected chi connectivity index (χ4v) is 6.10. The summed E-state index contributed by atoms with van der Waals surface area (Å²) in [6, 6.07) is 2.60. The van der Waals surface area contributed by atoms with Crippen molar-refractivity contribution in [1.29, 1.82) is 0 Å². The van der Waals surface area contributed by atoms with Crippen LogP contribution in [0.5, 0.6) is 5.75 Å². The molecule has 1 fully saturated rings. The molecular formula is C21H25ClF3N3OS. The smallest absolute Gasteiger partial charge is 0.417 e. The van der Waals surface area contributed by atoms with Crippen LogP contribution in [0.4, 0.5) is 18.3 Å². The zero-order valence-corrected chi connectivity index (χ0v) is 19.1. The van der Waals surface area contributed by atoms with Crippen LogP contribution in [0.25, 0.3) is 10.4 Å². The Balaban J connectivity index is 1.70. The van der Waals surface area contributed by atoms with E-state index >= 15 is 0 Å². The summed E-state index contributed by atoms with van der Waals surface area (Å²) in [6.07, 6.45) is -2.64. The molecule has 1 aromatic heterocycles. The minimum atomic E-state index is -4.53. The van der Waals surface area contributed by atoms with E-state index < -0.39 is 11.7 Å². The average molecular weight is 460 g/mol. The molecule has 2 aliphatic heterocycles. The van der Waals surface area contributed by atoms with Gasteiger partial charge in [0.1, 0.15) is 12.4 Å². The molecule has 4 rings (SSSR count). The molecule has 30 heavy (non-hydrogen) atoms. The quantitative estimate of drug-likeness (QED) is 0.587. The molecule has 0 bridgehead atoms. The van der Waals surface area contributed by atoms with Crippen LogP contribution < -0.4 is 15.0 Å². The van der Waals surface area contributed by atoms with Crippen LogP contribution in [0, 0.1) is 0 Å². The second-order valence-electron chi connectivity index (χ2n) is 9.45. The molecule has 9 heteroatoms. The summed E-state index contributed by atoms with van der Waals surface area (Å²) in [6.45, 7) is 8.97. The molecule has 0 unspecified atom stereocenters. The standard InChI is InChI=1S/C21H25ClF3N3OS/c1-19(2)8-11(9-20(3,4)27-19)28(5)18-26-15-10-29-16-7-14(22)13(21(23,24)25)6-12(16)17(15)30-18/h6-7,11,27H,8-10H2,1-5H3. The van der Waals surface area contributed by atoms with Gasteiger partial charge in [-0.05, 0) is 46.6 Å².